The highest BCUT2D eigenvalue weighted by Gasteiger charge is 2.23. The molecule has 0 aromatic heterocycles. The van der Waals surface area contributed by atoms with Gasteiger partial charge in [-0.15, -0.1) is 0 Å². The molecular formula is C20H22N4O3. The largest absolute Gasteiger partial charge is 0.443 e. The summed E-state index contributed by atoms with van der Waals surface area (Å²) in [6.07, 6.45) is 0.138. The van der Waals surface area contributed by atoms with Gasteiger partial charge in [-0.25, -0.2) is 4.79 Å². The number of amidine groups is 1. The van der Waals surface area contributed by atoms with Crippen molar-refractivity contribution in [2.75, 3.05) is 6.54 Å². The van der Waals surface area contributed by atoms with E-state index in [-0.39, 0.29) is 24.4 Å². The van der Waals surface area contributed by atoms with Crippen molar-refractivity contribution in [3.05, 3.63) is 71.3 Å². The molecule has 0 aliphatic carbocycles. The van der Waals surface area contributed by atoms with E-state index in [9.17, 15) is 9.59 Å². The molecule has 0 bridgehead atoms. The number of rotatable bonds is 6. The number of nitrogens with zero attached hydrogens (tertiary/aromatic N) is 1. The second-order valence-corrected chi connectivity index (χ2v) is 6.25. The third kappa shape index (κ3) is 5.39. The van der Waals surface area contributed by atoms with Gasteiger partial charge in [0.2, 0.25) is 5.91 Å². The number of hydrogen-bond donors (Lipinski definition) is 3. The fraction of sp³-hybridized carbons (Fsp3) is 0.250. The maximum atomic E-state index is 11.8. The molecule has 1 aliphatic rings. The molecule has 27 heavy (non-hydrogen) atoms. The molecular weight excluding hydrogens is 344 g/mol. The van der Waals surface area contributed by atoms with Crippen molar-refractivity contribution in [1.82, 2.24) is 10.6 Å². The van der Waals surface area contributed by atoms with Crippen LogP contribution >= 0.6 is 0 Å². The van der Waals surface area contributed by atoms with E-state index >= 15 is 0 Å². The highest BCUT2D eigenvalue weighted by Crippen LogP contribution is 2.07. The van der Waals surface area contributed by atoms with Crippen LogP contribution in [0.2, 0.25) is 0 Å². The number of ether oxygens (including phenoxy) is 1. The Morgan fingerprint density at radius 3 is 2.44 bits per heavy atom. The second kappa shape index (κ2) is 8.95. The highest BCUT2D eigenvalue weighted by atomic mass is 16.5. The summed E-state index contributed by atoms with van der Waals surface area (Å²) < 4.78 is 5.09. The first-order chi connectivity index (χ1) is 13.1. The molecule has 2 aromatic rings. The van der Waals surface area contributed by atoms with E-state index in [2.05, 4.69) is 15.6 Å². The molecule has 1 atom stereocenters. The Labute approximate surface area is 157 Å². The summed E-state index contributed by atoms with van der Waals surface area (Å²) in [6.45, 7) is 1.47. The Kier molecular flexibility index (Phi) is 6.17. The van der Waals surface area contributed by atoms with Crippen LogP contribution in [-0.2, 0) is 22.7 Å². The van der Waals surface area contributed by atoms with Gasteiger partial charge in [0.05, 0.1) is 6.04 Å². The van der Waals surface area contributed by atoms with Crippen molar-refractivity contribution in [3.63, 3.8) is 0 Å². The van der Waals surface area contributed by atoms with Crippen LogP contribution < -0.4 is 16.4 Å². The average molecular weight is 366 g/mol. The lowest BCUT2D eigenvalue weighted by Gasteiger charge is -2.26. The lowest BCUT2D eigenvalue weighted by Crippen LogP contribution is -2.52. The maximum Gasteiger partial charge on any atom is 0.435 e. The van der Waals surface area contributed by atoms with E-state index in [1.165, 1.54) is 0 Å². The summed E-state index contributed by atoms with van der Waals surface area (Å²) in [5.74, 6) is 0.0925. The first-order valence-corrected chi connectivity index (χ1v) is 8.77. The van der Waals surface area contributed by atoms with Crippen molar-refractivity contribution < 1.29 is 14.3 Å². The normalized spacial score (nSPS) is 16.3. The average Bonchev–Trinajstić information content (AvgIpc) is 2.64. The Hall–Kier alpha value is -3.19. The predicted octanol–water partition coefficient (Wildman–Crippen LogP) is 1.71. The van der Waals surface area contributed by atoms with E-state index in [1.807, 2.05) is 42.5 Å². The van der Waals surface area contributed by atoms with Gasteiger partial charge in [-0.1, -0.05) is 54.6 Å². The minimum atomic E-state index is -0.735. The SMILES string of the molecule is NC(=NC(=O)OCc1ccccc1)c1ccc(CNC(=O)[C@@H]2CCN2)cc1. The molecule has 0 spiro atoms. The summed E-state index contributed by atoms with van der Waals surface area (Å²) in [6, 6.07) is 16.5. The zero-order chi connectivity index (χ0) is 19.1. The van der Waals surface area contributed by atoms with Crippen molar-refractivity contribution in [2.45, 2.75) is 25.6 Å². The van der Waals surface area contributed by atoms with Crippen LogP contribution in [0.25, 0.3) is 0 Å². The number of nitrogens with two attached hydrogens (primary N) is 1. The molecule has 2 amide bonds. The van der Waals surface area contributed by atoms with E-state index in [1.54, 1.807) is 12.1 Å². The Morgan fingerprint density at radius 1 is 1.11 bits per heavy atom. The molecule has 140 valence electrons. The first-order valence-electron chi connectivity index (χ1n) is 8.77. The molecule has 7 nitrogen and oxygen atoms in total. The molecule has 1 fully saturated rings. The van der Waals surface area contributed by atoms with Crippen molar-refractivity contribution in [3.8, 4) is 0 Å². The van der Waals surface area contributed by atoms with Crippen LogP contribution in [0.15, 0.2) is 59.6 Å². The lowest BCUT2D eigenvalue weighted by molar-refractivity contribution is -0.124. The zero-order valence-electron chi connectivity index (χ0n) is 14.9. The smallest absolute Gasteiger partial charge is 0.435 e. The van der Waals surface area contributed by atoms with Gasteiger partial charge in [-0.2, -0.15) is 4.99 Å². The predicted molar refractivity (Wildman–Crippen MR) is 102 cm³/mol. The van der Waals surface area contributed by atoms with Gasteiger partial charge in [0.1, 0.15) is 12.4 Å². The molecule has 0 unspecified atom stereocenters. The number of benzene rings is 2. The first kappa shape index (κ1) is 18.6. The van der Waals surface area contributed by atoms with Gasteiger partial charge in [0.15, 0.2) is 0 Å². The summed E-state index contributed by atoms with van der Waals surface area (Å²) in [5.41, 5.74) is 8.30. The van der Waals surface area contributed by atoms with Crippen LogP contribution in [0.5, 0.6) is 0 Å². The van der Waals surface area contributed by atoms with Crippen LogP contribution in [0, 0.1) is 0 Å². The van der Waals surface area contributed by atoms with Crippen LogP contribution in [0.4, 0.5) is 4.79 Å². The summed E-state index contributed by atoms with van der Waals surface area (Å²) in [4.78, 5) is 27.4. The van der Waals surface area contributed by atoms with Crippen molar-refractivity contribution in [2.24, 2.45) is 10.7 Å². The van der Waals surface area contributed by atoms with Crippen LogP contribution in [0.1, 0.15) is 23.1 Å². The van der Waals surface area contributed by atoms with E-state index in [0.717, 1.165) is 24.1 Å². The standard InChI is InChI=1S/C20H22N4O3/c21-18(24-20(26)27-13-15-4-2-1-3-5-15)16-8-6-14(7-9-16)12-23-19(25)17-10-11-22-17/h1-9,17,22H,10-13H2,(H,23,25)(H2,21,24,26)/t17-/m0/s1. The molecule has 1 saturated heterocycles. The van der Waals surface area contributed by atoms with Crippen molar-refractivity contribution >= 4 is 17.8 Å². The Morgan fingerprint density at radius 2 is 1.81 bits per heavy atom. The molecule has 0 saturated carbocycles. The number of amides is 2. The maximum absolute atomic E-state index is 11.8. The second-order valence-electron chi connectivity index (χ2n) is 6.25. The van der Waals surface area contributed by atoms with Gasteiger partial charge < -0.3 is 21.1 Å². The fourth-order valence-corrected chi connectivity index (χ4v) is 2.53. The minimum absolute atomic E-state index is 0.00700. The van der Waals surface area contributed by atoms with Gasteiger partial charge in [0.25, 0.3) is 0 Å². The van der Waals surface area contributed by atoms with E-state index < -0.39 is 6.09 Å². The molecule has 1 heterocycles. The number of nitrogens with one attached hydrogen (secondary N) is 2. The monoisotopic (exact) mass is 366 g/mol. The van der Waals surface area contributed by atoms with Crippen LogP contribution in [0.3, 0.4) is 0 Å². The third-order valence-electron chi connectivity index (χ3n) is 4.27. The van der Waals surface area contributed by atoms with E-state index in [0.29, 0.717) is 12.1 Å². The Balaban J connectivity index is 1.49. The number of hydrogen-bond acceptors (Lipinski definition) is 4. The van der Waals surface area contributed by atoms with Crippen molar-refractivity contribution in [1.29, 1.82) is 0 Å². The van der Waals surface area contributed by atoms with Crippen LogP contribution in [-0.4, -0.2) is 30.4 Å². The number of carbonyl (C=O) groups is 2. The lowest BCUT2D eigenvalue weighted by atomic mass is 10.1. The molecule has 3 rings (SSSR count). The fourth-order valence-electron chi connectivity index (χ4n) is 2.53. The van der Waals surface area contributed by atoms with Gasteiger partial charge in [0, 0.05) is 12.1 Å². The minimum Gasteiger partial charge on any atom is -0.443 e. The van der Waals surface area contributed by atoms with Gasteiger partial charge in [-0.05, 0) is 24.1 Å². The quantitative estimate of drug-likeness (QED) is 0.533. The third-order valence-corrected chi connectivity index (χ3v) is 4.27. The Bertz CT molecular complexity index is 815. The summed E-state index contributed by atoms with van der Waals surface area (Å²) in [5, 5.41) is 5.93. The zero-order valence-corrected chi connectivity index (χ0v) is 14.9. The van der Waals surface area contributed by atoms with Gasteiger partial charge in [-0.3, -0.25) is 4.79 Å². The number of carbonyl (C=O) groups excluding carboxylic acids is 2. The molecule has 2 aromatic carbocycles. The highest BCUT2D eigenvalue weighted by molar-refractivity contribution is 6.02. The molecule has 0 radical (unpaired) electrons. The molecule has 4 N–H and O–H groups in total. The molecule has 7 heteroatoms. The van der Waals surface area contributed by atoms with Gasteiger partial charge >= 0.3 is 6.09 Å². The number of aliphatic imine (C=N–C) groups is 1. The molecule has 1 aliphatic heterocycles. The topological polar surface area (TPSA) is 106 Å². The summed E-state index contributed by atoms with van der Waals surface area (Å²) >= 11 is 0. The summed E-state index contributed by atoms with van der Waals surface area (Å²) in [7, 11) is 0. The van der Waals surface area contributed by atoms with E-state index in [4.69, 9.17) is 10.5 Å².